The van der Waals surface area contributed by atoms with E-state index in [1.165, 1.54) is 31.5 Å². The minimum Gasteiger partial charge on any atom is -0.375 e. The smallest absolute Gasteiger partial charge is 0.201 e. The molecule has 0 aromatic carbocycles. The zero-order chi connectivity index (χ0) is 16.5. The van der Waals surface area contributed by atoms with E-state index in [4.69, 9.17) is 4.74 Å². The molecule has 0 N–H and O–H groups in total. The van der Waals surface area contributed by atoms with Gasteiger partial charge in [-0.25, -0.2) is 0 Å². The Morgan fingerprint density at radius 1 is 1.17 bits per heavy atom. The van der Waals surface area contributed by atoms with Crippen molar-refractivity contribution in [1.82, 2.24) is 24.7 Å². The number of anilines is 1. The summed E-state index contributed by atoms with van der Waals surface area (Å²) in [5.41, 5.74) is 4.23. The Hall–Kier alpha value is -1.73. The fraction of sp³-hybridized carbons (Fsp3) is 0.706. The molecule has 0 amide bonds. The highest BCUT2D eigenvalue weighted by Gasteiger charge is 2.26. The van der Waals surface area contributed by atoms with Gasteiger partial charge < -0.3 is 14.5 Å². The van der Waals surface area contributed by atoms with Crippen molar-refractivity contribution < 1.29 is 4.74 Å². The van der Waals surface area contributed by atoms with E-state index in [1.54, 1.807) is 10.8 Å². The third kappa shape index (κ3) is 2.98. The molecule has 2 aliphatic rings. The molecule has 2 aromatic rings. The van der Waals surface area contributed by atoms with Crippen molar-refractivity contribution in [2.45, 2.75) is 39.2 Å². The summed E-state index contributed by atoms with van der Waals surface area (Å²) < 4.78 is 7.93. The standard InChI is InChI=1S/C17H26N6O/c1-13-14(2)20-23-12-18-19-17(23)16(13)22-8-5-9-24-15(11-22)10-21-6-3-4-7-21/h12,15H,3-11H2,1-2H3. The lowest BCUT2D eigenvalue weighted by molar-refractivity contribution is 0.0451. The average Bonchev–Trinajstić information content (AvgIpc) is 3.17. The van der Waals surface area contributed by atoms with E-state index in [0.717, 1.165) is 49.7 Å². The second-order valence-corrected chi connectivity index (χ2v) is 6.96. The van der Waals surface area contributed by atoms with Gasteiger partial charge in [-0.3, -0.25) is 0 Å². The van der Waals surface area contributed by atoms with Crippen LogP contribution in [-0.2, 0) is 4.74 Å². The predicted octanol–water partition coefficient (Wildman–Crippen LogP) is 1.43. The van der Waals surface area contributed by atoms with Crippen molar-refractivity contribution >= 4 is 11.3 Å². The molecule has 2 saturated heterocycles. The molecule has 0 bridgehead atoms. The normalized spacial score (nSPS) is 23.1. The topological polar surface area (TPSA) is 58.8 Å². The summed E-state index contributed by atoms with van der Waals surface area (Å²) in [5, 5.41) is 12.9. The summed E-state index contributed by atoms with van der Waals surface area (Å²) >= 11 is 0. The number of ether oxygens (including phenoxy) is 1. The molecule has 0 spiro atoms. The van der Waals surface area contributed by atoms with E-state index in [-0.39, 0.29) is 6.10 Å². The highest BCUT2D eigenvalue weighted by Crippen LogP contribution is 2.28. The molecule has 2 aromatic heterocycles. The third-order valence-electron chi connectivity index (χ3n) is 5.22. The van der Waals surface area contributed by atoms with E-state index in [0.29, 0.717) is 0 Å². The maximum absolute atomic E-state index is 6.14. The van der Waals surface area contributed by atoms with Crippen molar-refractivity contribution in [3.05, 3.63) is 17.6 Å². The highest BCUT2D eigenvalue weighted by atomic mass is 16.5. The molecule has 2 fully saturated rings. The van der Waals surface area contributed by atoms with Gasteiger partial charge in [-0.1, -0.05) is 0 Å². The molecule has 7 heteroatoms. The second kappa shape index (κ2) is 6.64. The molecule has 130 valence electrons. The van der Waals surface area contributed by atoms with Crippen LogP contribution in [0.2, 0.25) is 0 Å². The summed E-state index contributed by atoms with van der Waals surface area (Å²) in [6.45, 7) is 10.4. The van der Waals surface area contributed by atoms with Crippen LogP contribution in [0.25, 0.3) is 5.65 Å². The maximum atomic E-state index is 6.14. The summed E-state index contributed by atoms with van der Waals surface area (Å²) in [6, 6.07) is 0. The van der Waals surface area contributed by atoms with Crippen molar-refractivity contribution in [2.75, 3.05) is 44.2 Å². The number of aromatic nitrogens is 4. The van der Waals surface area contributed by atoms with E-state index in [9.17, 15) is 0 Å². The Balaban J connectivity index is 1.62. The SMILES string of the molecule is Cc1nn2cnnc2c(N2CCCOC(CN3CCCC3)C2)c1C. The first-order valence-electron chi connectivity index (χ1n) is 8.98. The molecule has 7 nitrogen and oxygen atoms in total. The second-order valence-electron chi connectivity index (χ2n) is 6.96. The van der Waals surface area contributed by atoms with Gasteiger partial charge in [0.1, 0.15) is 6.33 Å². The van der Waals surface area contributed by atoms with Gasteiger partial charge in [0, 0.05) is 26.2 Å². The Morgan fingerprint density at radius 3 is 2.83 bits per heavy atom. The molecular weight excluding hydrogens is 304 g/mol. The Kier molecular flexibility index (Phi) is 4.37. The van der Waals surface area contributed by atoms with E-state index < -0.39 is 0 Å². The average molecular weight is 330 g/mol. The van der Waals surface area contributed by atoms with Crippen LogP contribution < -0.4 is 4.90 Å². The van der Waals surface area contributed by atoms with Gasteiger partial charge >= 0.3 is 0 Å². The zero-order valence-electron chi connectivity index (χ0n) is 14.6. The lowest BCUT2D eigenvalue weighted by Crippen LogP contribution is -2.40. The fourth-order valence-corrected chi connectivity index (χ4v) is 3.88. The first-order valence-corrected chi connectivity index (χ1v) is 8.98. The van der Waals surface area contributed by atoms with Crippen LogP contribution >= 0.6 is 0 Å². The molecule has 0 aliphatic carbocycles. The van der Waals surface area contributed by atoms with Crippen LogP contribution in [0.1, 0.15) is 30.5 Å². The lowest BCUT2D eigenvalue weighted by Gasteiger charge is -2.29. The Morgan fingerprint density at radius 2 is 2.00 bits per heavy atom. The molecule has 1 unspecified atom stereocenters. The van der Waals surface area contributed by atoms with Crippen LogP contribution in [0.3, 0.4) is 0 Å². The summed E-state index contributed by atoms with van der Waals surface area (Å²) in [7, 11) is 0. The molecular formula is C17H26N6O. The van der Waals surface area contributed by atoms with E-state index in [2.05, 4.69) is 32.0 Å². The molecule has 1 atom stereocenters. The monoisotopic (exact) mass is 330 g/mol. The quantitative estimate of drug-likeness (QED) is 0.849. The van der Waals surface area contributed by atoms with Crippen LogP contribution in [0.5, 0.6) is 0 Å². The van der Waals surface area contributed by atoms with Crippen LogP contribution in [-0.4, -0.2) is 70.1 Å². The van der Waals surface area contributed by atoms with Gasteiger partial charge in [-0.2, -0.15) is 9.61 Å². The minimum atomic E-state index is 0.251. The van der Waals surface area contributed by atoms with E-state index >= 15 is 0 Å². The number of hydrogen-bond donors (Lipinski definition) is 0. The fourth-order valence-electron chi connectivity index (χ4n) is 3.88. The van der Waals surface area contributed by atoms with Gasteiger partial charge in [-0.05, 0) is 51.8 Å². The number of hydrogen-bond acceptors (Lipinski definition) is 6. The van der Waals surface area contributed by atoms with Crippen molar-refractivity contribution in [3.8, 4) is 0 Å². The van der Waals surface area contributed by atoms with Gasteiger partial charge in [0.2, 0.25) is 5.65 Å². The lowest BCUT2D eigenvalue weighted by atomic mass is 10.1. The van der Waals surface area contributed by atoms with Crippen molar-refractivity contribution in [1.29, 1.82) is 0 Å². The molecule has 24 heavy (non-hydrogen) atoms. The van der Waals surface area contributed by atoms with E-state index in [1.807, 2.05) is 6.92 Å². The molecule has 0 radical (unpaired) electrons. The van der Waals surface area contributed by atoms with Crippen LogP contribution in [0, 0.1) is 13.8 Å². The summed E-state index contributed by atoms with van der Waals surface area (Å²) in [6.07, 6.45) is 5.61. The number of fused-ring (bicyclic) bond motifs is 1. The number of rotatable bonds is 3. The number of nitrogens with zero attached hydrogens (tertiary/aromatic N) is 6. The zero-order valence-corrected chi connectivity index (χ0v) is 14.6. The molecule has 2 aliphatic heterocycles. The maximum Gasteiger partial charge on any atom is 0.201 e. The first kappa shape index (κ1) is 15.8. The van der Waals surface area contributed by atoms with Crippen LogP contribution in [0.4, 0.5) is 5.69 Å². The summed E-state index contributed by atoms with van der Waals surface area (Å²) in [5.74, 6) is 0. The summed E-state index contributed by atoms with van der Waals surface area (Å²) in [4.78, 5) is 4.97. The first-order chi connectivity index (χ1) is 11.7. The van der Waals surface area contributed by atoms with Crippen molar-refractivity contribution in [3.63, 3.8) is 0 Å². The predicted molar refractivity (Wildman–Crippen MR) is 92.5 cm³/mol. The number of likely N-dealkylation sites (tertiary alicyclic amines) is 1. The third-order valence-corrected chi connectivity index (χ3v) is 5.22. The van der Waals surface area contributed by atoms with Gasteiger partial charge in [0.15, 0.2) is 0 Å². The Bertz CT molecular complexity index is 708. The van der Waals surface area contributed by atoms with Gasteiger partial charge in [0.05, 0.1) is 17.5 Å². The largest absolute Gasteiger partial charge is 0.375 e. The van der Waals surface area contributed by atoms with Gasteiger partial charge in [0.25, 0.3) is 0 Å². The van der Waals surface area contributed by atoms with Gasteiger partial charge in [-0.15, -0.1) is 10.2 Å². The minimum absolute atomic E-state index is 0.251. The van der Waals surface area contributed by atoms with Crippen LogP contribution in [0.15, 0.2) is 6.33 Å². The Labute approximate surface area is 142 Å². The molecule has 4 heterocycles. The number of aryl methyl sites for hydroxylation is 1. The molecule has 0 saturated carbocycles. The highest BCUT2D eigenvalue weighted by molar-refractivity contribution is 5.72. The molecule has 4 rings (SSSR count). The van der Waals surface area contributed by atoms with Crippen molar-refractivity contribution in [2.24, 2.45) is 0 Å².